The van der Waals surface area contributed by atoms with Crippen LogP contribution in [0.25, 0.3) is 6.08 Å². The van der Waals surface area contributed by atoms with E-state index < -0.39 is 0 Å². The van der Waals surface area contributed by atoms with Gasteiger partial charge in [0.25, 0.3) is 0 Å². The molecule has 0 unspecified atom stereocenters. The molecule has 0 aliphatic rings. The Balaban J connectivity index is 3.00. The Morgan fingerprint density at radius 2 is 2.12 bits per heavy atom. The normalized spacial score (nSPS) is 11.0. The highest BCUT2D eigenvalue weighted by Gasteiger charge is 2.04. The fourth-order valence-corrected chi connectivity index (χ4v) is 1.52. The highest BCUT2D eigenvalue weighted by molar-refractivity contribution is 5.74. The van der Waals surface area contributed by atoms with Gasteiger partial charge in [0.2, 0.25) is 0 Å². The fraction of sp³-hybridized carbons (Fsp3) is 0.308. The summed E-state index contributed by atoms with van der Waals surface area (Å²) in [5, 5.41) is 0. The minimum absolute atomic E-state index is 0.774. The van der Waals surface area contributed by atoms with Gasteiger partial charge in [0.15, 0.2) is 0 Å². The average Bonchev–Trinajstić information content (AvgIpc) is 2.26. The topological polar surface area (TPSA) is 29.5 Å². The number of rotatable bonds is 5. The number of hydrogen-bond acceptors (Lipinski definition) is 3. The number of carbonyl (C=O) groups is 1. The zero-order chi connectivity index (χ0) is 12.0. The maximum Gasteiger partial charge on any atom is 0.142 e. The summed E-state index contributed by atoms with van der Waals surface area (Å²) >= 11 is 0. The van der Waals surface area contributed by atoms with Gasteiger partial charge in [0.1, 0.15) is 12.0 Å². The number of ether oxygens (including phenoxy) is 1. The number of methoxy groups -OCH3 is 1. The lowest BCUT2D eigenvalue weighted by molar-refractivity contribution is -0.104. The molecule has 0 aliphatic carbocycles. The third-order valence-electron chi connectivity index (χ3n) is 2.16. The largest absolute Gasteiger partial charge is 0.496 e. The van der Waals surface area contributed by atoms with Crippen LogP contribution in [0.3, 0.4) is 0 Å². The van der Waals surface area contributed by atoms with Crippen molar-refractivity contribution in [1.29, 1.82) is 0 Å². The van der Waals surface area contributed by atoms with Crippen LogP contribution in [-0.2, 0) is 11.3 Å². The van der Waals surface area contributed by atoms with Crippen LogP contribution in [0, 0.1) is 0 Å². The SMILES string of the molecule is COc1ccc(/C=C/C=O)cc1CN(C)C. The van der Waals surface area contributed by atoms with E-state index in [2.05, 4.69) is 4.90 Å². The number of benzene rings is 1. The number of nitrogens with zero attached hydrogens (tertiary/aromatic N) is 1. The van der Waals surface area contributed by atoms with Crippen LogP contribution in [-0.4, -0.2) is 32.4 Å². The van der Waals surface area contributed by atoms with Gasteiger partial charge in [-0.15, -0.1) is 0 Å². The van der Waals surface area contributed by atoms with Gasteiger partial charge in [-0.3, -0.25) is 4.79 Å². The standard InChI is InChI=1S/C13H17NO2/c1-14(2)10-12-9-11(5-4-8-15)6-7-13(12)16-3/h4-9H,10H2,1-3H3/b5-4+. The molecule has 0 aliphatic heterocycles. The summed E-state index contributed by atoms with van der Waals surface area (Å²) in [4.78, 5) is 12.3. The minimum Gasteiger partial charge on any atom is -0.496 e. The lowest BCUT2D eigenvalue weighted by Gasteiger charge is -2.13. The summed E-state index contributed by atoms with van der Waals surface area (Å²) < 4.78 is 5.29. The molecule has 0 fully saturated rings. The molecule has 0 atom stereocenters. The molecule has 1 aromatic rings. The summed E-state index contributed by atoms with van der Waals surface area (Å²) in [6.45, 7) is 0.811. The fourth-order valence-electron chi connectivity index (χ4n) is 1.52. The molecule has 0 saturated heterocycles. The van der Waals surface area contributed by atoms with Crippen LogP contribution in [0.4, 0.5) is 0 Å². The molecule has 1 rings (SSSR count). The van der Waals surface area contributed by atoms with E-state index in [1.54, 1.807) is 13.2 Å². The van der Waals surface area contributed by atoms with Gasteiger partial charge in [0, 0.05) is 12.1 Å². The molecule has 3 nitrogen and oxygen atoms in total. The zero-order valence-corrected chi connectivity index (χ0v) is 9.93. The van der Waals surface area contributed by atoms with Crippen LogP contribution < -0.4 is 4.74 Å². The Bertz CT molecular complexity index is 384. The van der Waals surface area contributed by atoms with E-state index in [9.17, 15) is 4.79 Å². The second kappa shape index (κ2) is 6.08. The van der Waals surface area contributed by atoms with E-state index in [1.165, 1.54) is 6.08 Å². The molecule has 0 spiro atoms. The molecule has 0 radical (unpaired) electrons. The smallest absolute Gasteiger partial charge is 0.142 e. The molecule has 3 heteroatoms. The van der Waals surface area contributed by atoms with Gasteiger partial charge in [-0.1, -0.05) is 12.1 Å². The zero-order valence-electron chi connectivity index (χ0n) is 9.93. The van der Waals surface area contributed by atoms with Crippen molar-refractivity contribution in [2.75, 3.05) is 21.2 Å². The van der Waals surface area contributed by atoms with E-state index in [0.717, 1.165) is 29.7 Å². The van der Waals surface area contributed by atoms with E-state index in [1.807, 2.05) is 32.3 Å². The quantitative estimate of drug-likeness (QED) is 0.560. The van der Waals surface area contributed by atoms with Crippen molar-refractivity contribution in [2.45, 2.75) is 6.54 Å². The van der Waals surface area contributed by atoms with Crippen LogP contribution in [0.2, 0.25) is 0 Å². The van der Waals surface area contributed by atoms with Crippen LogP contribution in [0.5, 0.6) is 5.75 Å². The minimum atomic E-state index is 0.774. The number of carbonyl (C=O) groups excluding carboxylic acids is 1. The van der Waals surface area contributed by atoms with E-state index in [4.69, 9.17) is 4.74 Å². The molecule has 0 aromatic heterocycles. The Kier molecular flexibility index (Phi) is 4.73. The summed E-state index contributed by atoms with van der Waals surface area (Å²) in [6, 6.07) is 5.88. The predicted octanol–water partition coefficient (Wildman–Crippen LogP) is 1.97. The molecule has 0 saturated carbocycles. The summed E-state index contributed by atoms with van der Waals surface area (Å²) in [5.74, 6) is 0.872. The van der Waals surface area contributed by atoms with E-state index in [0.29, 0.717) is 0 Å². The molecule has 16 heavy (non-hydrogen) atoms. The summed E-state index contributed by atoms with van der Waals surface area (Å²) in [7, 11) is 5.68. The van der Waals surface area contributed by atoms with Gasteiger partial charge < -0.3 is 9.64 Å². The second-order valence-corrected chi connectivity index (χ2v) is 3.80. The van der Waals surface area contributed by atoms with E-state index >= 15 is 0 Å². The third-order valence-corrected chi connectivity index (χ3v) is 2.16. The third kappa shape index (κ3) is 3.51. The molecule has 86 valence electrons. The Hall–Kier alpha value is -1.61. The predicted molar refractivity (Wildman–Crippen MR) is 65.5 cm³/mol. The average molecular weight is 219 g/mol. The van der Waals surface area contributed by atoms with Crippen molar-refractivity contribution in [3.63, 3.8) is 0 Å². The molecular weight excluding hydrogens is 202 g/mol. The first kappa shape index (κ1) is 12.5. The van der Waals surface area contributed by atoms with Crippen LogP contribution >= 0.6 is 0 Å². The Labute approximate surface area is 96.3 Å². The van der Waals surface area contributed by atoms with Gasteiger partial charge in [0.05, 0.1) is 7.11 Å². The lowest BCUT2D eigenvalue weighted by Crippen LogP contribution is -2.11. The molecule has 1 aromatic carbocycles. The molecule has 0 heterocycles. The summed E-state index contributed by atoms with van der Waals surface area (Å²) in [6.07, 6.45) is 4.04. The van der Waals surface area contributed by atoms with Gasteiger partial charge in [-0.05, 0) is 37.9 Å². The number of allylic oxidation sites excluding steroid dienone is 1. The first-order valence-electron chi connectivity index (χ1n) is 5.11. The van der Waals surface area contributed by atoms with Crippen LogP contribution in [0.1, 0.15) is 11.1 Å². The Morgan fingerprint density at radius 1 is 1.38 bits per heavy atom. The van der Waals surface area contributed by atoms with Gasteiger partial charge in [-0.2, -0.15) is 0 Å². The highest BCUT2D eigenvalue weighted by Crippen LogP contribution is 2.21. The summed E-state index contributed by atoms with van der Waals surface area (Å²) in [5.41, 5.74) is 2.12. The first-order chi connectivity index (χ1) is 7.67. The van der Waals surface area contributed by atoms with E-state index in [-0.39, 0.29) is 0 Å². The Morgan fingerprint density at radius 3 is 2.69 bits per heavy atom. The number of hydrogen-bond donors (Lipinski definition) is 0. The molecular formula is C13H17NO2. The lowest BCUT2D eigenvalue weighted by atomic mass is 10.1. The van der Waals surface area contributed by atoms with Crippen molar-refractivity contribution < 1.29 is 9.53 Å². The maximum atomic E-state index is 10.2. The van der Waals surface area contributed by atoms with Crippen molar-refractivity contribution in [3.05, 3.63) is 35.4 Å². The van der Waals surface area contributed by atoms with Crippen LogP contribution in [0.15, 0.2) is 24.3 Å². The molecule has 0 bridgehead atoms. The monoisotopic (exact) mass is 219 g/mol. The van der Waals surface area contributed by atoms with Gasteiger partial charge in [-0.25, -0.2) is 0 Å². The maximum absolute atomic E-state index is 10.2. The molecule has 0 N–H and O–H groups in total. The van der Waals surface area contributed by atoms with Crippen molar-refractivity contribution in [3.8, 4) is 5.75 Å². The van der Waals surface area contributed by atoms with Crippen molar-refractivity contribution in [2.24, 2.45) is 0 Å². The first-order valence-corrected chi connectivity index (χ1v) is 5.11. The second-order valence-electron chi connectivity index (χ2n) is 3.80. The van der Waals surface area contributed by atoms with Crippen molar-refractivity contribution in [1.82, 2.24) is 4.90 Å². The van der Waals surface area contributed by atoms with Crippen molar-refractivity contribution >= 4 is 12.4 Å². The number of aldehydes is 1. The highest BCUT2D eigenvalue weighted by atomic mass is 16.5. The van der Waals surface area contributed by atoms with Gasteiger partial charge >= 0.3 is 0 Å². The molecule has 0 amide bonds.